The summed E-state index contributed by atoms with van der Waals surface area (Å²) in [5, 5.41) is 0. The zero-order chi connectivity index (χ0) is 8.31. The summed E-state index contributed by atoms with van der Waals surface area (Å²) in [6, 6.07) is 0. The molecule has 0 saturated heterocycles. The minimum Gasteiger partial charge on any atom is -0.211 e. The summed E-state index contributed by atoms with van der Waals surface area (Å²) in [7, 11) is 0. The van der Waals surface area contributed by atoms with Crippen LogP contribution in [0.5, 0.6) is 0 Å². The second kappa shape index (κ2) is 4.13. The molecule has 0 nitrogen and oxygen atoms in total. The zero-order valence-corrected chi connectivity index (χ0v) is 8.06. The molecule has 58 valence electrons. The molecule has 10 heavy (non-hydrogen) atoms. The first kappa shape index (κ1) is 10.2. The van der Waals surface area contributed by atoms with Crippen LogP contribution in [0.1, 0.15) is 13.8 Å². The van der Waals surface area contributed by atoms with Crippen LogP contribution in [-0.4, -0.2) is 0 Å². The van der Waals surface area contributed by atoms with Crippen LogP contribution in [0.4, 0.5) is 8.78 Å². The van der Waals surface area contributed by atoms with Crippen LogP contribution in [0.25, 0.3) is 0 Å². The lowest BCUT2D eigenvalue weighted by Crippen LogP contribution is -1.77. The summed E-state index contributed by atoms with van der Waals surface area (Å²) < 4.78 is 24.7. The molecule has 4 heteroatoms. The first-order valence-electron chi connectivity index (χ1n) is 2.54. The Bertz CT molecular complexity index is 166. The van der Waals surface area contributed by atoms with E-state index in [1.807, 2.05) is 0 Å². The Kier molecular flexibility index (Phi) is 4.20. The van der Waals surface area contributed by atoms with Crippen molar-refractivity contribution >= 4 is 28.6 Å². The molecule has 0 atom stereocenters. The second-order valence-electron chi connectivity index (χ2n) is 1.75. The highest BCUT2D eigenvalue weighted by molar-refractivity contribution is 9.12. The third-order valence-electron chi connectivity index (χ3n) is 0.813. The number of hydrogen-bond acceptors (Lipinski definition) is 1. The SMILES string of the molecule is C/C(F)=C(Br)\C(F)=C(\C)S. The monoisotopic (exact) mass is 228 g/mol. The minimum atomic E-state index is -0.664. The van der Waals surface area contributed by atoms with Crippen molar-refractivity contribution in [2.24, 2.45) is 0 Å². The summed E-state index contributed by atoms with van der Waals surface area (Å²) in [5.41, 5.74) is 0. The summed E-state index contributed by atoms with van der Waals surface area (Å²) >= 11 is 6.43. The van der Waals surface area contributed by atoms with E-state index in [0.717, 1.165) is 0 Å². The standard InChI is InChI=1S/C6H7BrF2S/c1-3(8)5(7)6(9)4(2)10/h10H,1-2H3/b5-3-,6-4+. The molecule has 0 radical (unpaired) electrons. The number of allylic oxidation sites excluding steroid dienone is 4. The maximum absolute atomic E-state index is 12.6. The molecule has 0 amide bonds. The summed E-state index contributed by atoms with van der Waals surface area (Å²) in [6.45, 7) is 2.61. The van der Waals surface area contributed by atoms with Crippen molar-refractivity contribution in [3.05, 3.63) is 21.0 Å². The maximum atomic E-state index is 12.6. The molecule has 0 aliphatic heterocycles. The lowest BCUT2D eigenvalue weighted by Gasteiger charge is -1.96. The lowest BCUT2D eigenvalue weighted by atomic mass is 10.4. The van der Waals surface area contributed by atoms with E-state index in [1.165, 1.54) is 13.8 Å². The normalized spacial score (nSPS) is 16.2. The molecule has 0 rings (SSSR count). The van der Waals surface area contributed by atoms with E-state index in [9.17, 15) is 8.78 Å². The molecule has 0 aromatic carbocycles. The predicted octanol–water partition coefficient (Wildman–Crippen LogP) is 3.71. The molecule has 0 aliphatic rings. The molecule has 0 bridgehead atoms. The van der Waals surface area contributed by atoms with Crippen LogP contribution >= 0.6 is 28.6 Å². The fourth-order valence-electron chi connectivity index (χ4n) is 0.310. The second-order valence-corrected chi connectivity index (χ2v) is 3.21. The molecule has 0 aliphatic carbocycles. The van der Waals surface area contributed by atoms with Crippen LogP contribution in [-0.2, 0) is 0 Å². The van der Waals surface area contributed by atoms with Gasteiger partial charge in [-0.25, -0.2) is 8.78 Å². The zero-order valence-electron chi connectivity index (χ0n) is 5.58. The van der Waals surface area contributed by atoms with Gasteiger partial charge in [0.05, 0.1) is 4.48 Å². The van der Waals surface area contributed by atoms with Crippen molar-refractivity contribution < 1.29 is 8.78 Å². The first-order chi connectivity index (χ1) is 4.46. The van der Waals surface area contributed by atoms with Gasteiger partial charge in [-0.3, -0.25) is 0 Å². The van der Waals surface area contributed by atoms with Gasteiger partial charge in [0, 0.05) is 4.91 Å². The average Bonchev–Trinajstić information content (AvgIpc) is 1.84. The predicted molar refractivity (Wildman–Crippen MR) is 45.5 cm³/mol. The van der Waals surface area contributed by atoms with Gasteiger partial charge in [0.25, 0.3) is 0 Å². The van der Waals surface area contributed by atoms with Gasteiger partial charge >= 0.3 is 0 Å². The van der Waals surface area contributed by atoms with Crippen LogP contribution in [0, 0.1) is 0 Å². The van der Waals surface area contributed by atoms with Crippen molar-refractivity contribution in [1.82, 2.24) is 0 Å². The number of hydrogen-bond donors (Lipinski definition) is 1. The first-order valence-corrected chi connectivity index (χ1v) is 3.78. The third-order valence-corrected chi connectivity index (χ3v) is 1.90. The van der Waals surface area contributed by atoms with Gasteiger partial charge in [-0.05, 0) is 29.8 Å². The average molecular weight is 229 g/mol. The molecular formula is C6H7BrF2S. The van der Waals surface area contributed by atoms with Crippen molar-refractivity contribution in [2.75, 3.05) is 0 Å². The largest absolute Gasteiger partial charge is 0.211 e. The molecule has 0 unspecified atom stereocenters. The molecule has 0 N–H and O–H groups in total. The number of rotatable bonds is 1. The van der Waals surface area contributed by atoms with Gasteiger partial charge in [-0.2, -0.15) is 0 Å². The van der Waals surface area contributed by atoms with Gasteiger partial charge in [0.2, 0.25) is 0 Å². The fraction of sp³-hybridized carbons (Fsp3) is 0.333. The van der Waals surface area contributed by atoms with E-state index >= 15 is 0 Å². The highest BCUT2D eigenvalue weighted by Crippen LogP contribution is 2.27. The van der Waals surface area contributed by atoms with E-state index in [-0.39, 0.29) is 9.39 Å². The molecule has 0 aromatic rings. The Morgan fingerprint density at radius 3 is 1.80 bits per heavy atom. The van der Waals surface area contributed by atoms with Crippen LogP contribution in [0.15, 0.2) is 21.0 Å². The van der Waals surface area contributed by atoms with Crippen LogP contribution < -0.4 is 0 Å². The highest BCUT2D eigenvalue weighted by atomic mass is 79.9. The quantitative estimate of drug-likeness (QED) is 0.514. The third kappa shape index (κ3) is 2.84. The van der Waals surface area contributed by atoms with Gasteiger partial charge in [0.1, 0.15) is 11.7 Å². The summed E-state index contributed by atoms with van der Waals surface area (Å²) in [6.07, 6.45) is 0. The van der Waals surface area contributed by atoms with E-state index in [4.69, 9.17) is 0 Å². The lowest BCUT2D eigenvalue weighted by molar-refractivity contribution is 0.609. The van der Waals surface area contributed by atoms with Gasteiger partial charge in [-0.1, -0.05) is 0 Å². The highest BCUT2D eigenvalue weighted by Gasteiger charge is 2.06. The van der Waals surface area contributed by atoms with Gasteiger partial charge in [-0.15, -0.1) is 12.6 Å². The topological polar surface area (TPSA) is 0 Å². The molecule has 0 saturated carbocycles. The molecular weight excluding hydrogens is 222 g/mol. The van der Waals surface area contributed by atoms with E-state index in [1.54, 1.807) is 0 Å². The Morgan fingerprint density at radius 1 is 1.30 bits per heavy atom. The molecule has 0 heterocycles. The van der Waals surface area contributed by atoms with E-state index in [2.05, 4.69) is 28.6 Å². The van der Waals surface area contributed by atoms with Crippen molar-refractivity contribution in [3.8, 4) is 0 Å². The minimum absolute atomic E-state index is 0.156. The maximum Gasteiger partial charge on any atom is 0.148 e. The Morgan fingerprint density at radius 2 is 1.70 bits per heavy atom. The molecule has 0 spiro atoms. The molecule has 0 fully saturated rings. The summed E-state index contributed by atoms with van der Waals surface area (Å²) in [5.74, 6) is -1.26. The van der Waals surface area contributed by atoms with Crippen LogP contribution in [0.2, 0.25) is 0 Å². The van der Waals surface area contributed by atoms with Crippen LogP contribution in [0.3, 0.4) is 0 Å². The van der Waals surface area contributed by atoms with Gasteiger partial charge < -0.3 is 0 Å². The fourth-order valence-corrected chi connectivity index (χ4v) is 0.872. The Hall–Kier alpha value is 0.170. The van der Waals surface area contributed by atoms with E-state index < -0.39 is 11.7 Å². The number of halogens is 3. The van der Waals surface area contributed by atoms with Crippen molar-refractivity contribution in [2.45, 2.75) is 13.8 Å². The number of thiol groups is 1. The van der Waals surface area contributed by atoms with Crippen molar-refractivity contribution in [1.29, 1.82) is 0 Å². The molecule has 0 aromatic heterocycles. The smallest absolute Gasteiger partial charge is 0.148 e. The van der Waals surface area contributed by atoms with Gasteiger partial charge in [0.15, 0.2) is 0 Å². The summed E-state index contributed by atoms with van der Waals surface area (Å²) in [4.78, 5) is 0.156. The Labute approximate surface area is 72.5 Å². The van der Waals surface area contributed by atoms with Crippen molar-refractivity contribution in [3.63, 3.8) is 0 Å². The Balaban J connectivity index is 4.71. The van der Waals surface area contributed by atoms with E-state index in [0.29, 0.717) is 0 Å².